The van der Waals surface area contributed by atoms with Crippen LogP contribution in [-0.4, -0.2) is 19.2 Å². The van der Waals surface area contributed by atoms with Crippen LogP contribution in [0.3, 0.4) is 0 Å². The largest absolute Gasteiger partial charge is 0.367 e. The molecule has 2 nitrogen and oxygen atoms in total. The maximum Gasteiger partial charge on any atom is 0.108 e. The normalized spacial score (nSPS) is 12.0. The molecular weight excluding hydrogens is 294 g/mol. The second-order valence-electron chi connectivity index (χ2n) is 5.34. The van der Waals surface area contributed by atoms with Gasteiger partial charge < -0.3 is 10.1 Å². The minimum atomic E-state index is 0. The minimum Gasteiger partial charge on any atom is -0.367 e. The number of hydrogen-bond donors (Lipinski definition) is 1. The molecule has 0 aliphatic rings. The quantitative estimate of drug-likeness (QED) is 0.718. The van der Waals surface area contributed by atoms with Gasteiger partial charge in [0.1, 0.15) is 6.10 Å². The molecule has 22 heavy (non-hydrogen) atoms. The first-order chi connectivity index (χ1) is 10.3. The van der Waals surface area contributed by atoms with Crippen molar-refractivity contribution in [2.45, 2.75) is 32.4 Å². The maximum atomic E-state index is 6.15. The van der Waals surface area contributed by atoms with Gasteiger partial charge in [0.25, 0.3) is 0 Å². The second-order valence-corrected chi connectivity index (χ2v) is 5.34. The average molecular weight is 320 g/mol. The zero-order valence-electron chi connectivity index (χ0n) is 13.4. The first-order valence-corrected chi connectivity index (χ1v) is 7.76. The summed E-state index contributed by atoms with van der Waals surface area (Å²) in [5.74, 6) is 0. The van der Waals surface area contributed by atoms with E-state index in [2.05, 4.69) is 67.7 Å². The number of ether oxygens (including phenoxy) is 1. The number of benzene rings is 2. The first-order valence-electron chi connectivity index (χ1n) is 7.76. The van der Waals surface area contributed by atoms with Crippen LogP contribution in [0.15, 0.2) is 60.7 Å². The molecule has 0 fully saturated rings. The van der Waals surface area contributed by atoms with Gasteiger partial charge >= 0.3 is 0 Å². The molecule has 120 valence electrons. The fourth-order valence-corrected chi connectivity index (χ4v) is 2.27. The SMILES string of the molecule is CCC(C)NCCOC(c1ccccc1)c1ccccc1.Cl. The summed E-state index contributed by atoms with van der Waals surface area (Å²) in [4.78, 5) is 0. The van der Waals surface area contributed by atoms with Gasteiger partial charge in [0.05, 0.1) is 6.61 Å². The van der Waals surface area contributed by atoms with Gasteiger partial charge in [-0.2, -0.15) is 0 Å². The summed E-state index contributed by atoms with van der Waals surface area (Å²) in [5, 5.41) is 3.47. The lowest BCUT2D eigenvalue weighted by Crippen LogP contribution is -2.29. The molecule has 0 bridgehead atoms. The molecule has 0 spiro atoms. The highest BCUT2D eigenvalue weighted by Gasteiger charge is 2.13. The monoisotopic (exact) mass is 319 g/mol. The predicted molar refractivity (Wildman–Crippen MR) is 95.7 cm³/mol. The van der Waals surface area contributed by atoms with Crippen LogP contribution in [0.4, 0.5) is 0 Å². The fourth-order valence-electron chi connectivity index (χ4n) is 2.27. The maximum absolute atomic E-state index is 6.15. The van der Waals surface area contributed by atoms with Crippen molar-refractivity contribution in [3.05, 3.63) is 71.8 Å². The van der Waals surface area contributed by atoms with Crippen LogP contribution in [0, 0.1) is 0 Å². The lowest BCUT2D eigenvalue weighted by atomic mass is 10.0. The van der Waals surface area contributed by atoms with Crippen molar-refractivity contribution in [3.8, 4) is 0 Å². The summed E-state index contributed by atoms with van der Waals surface area (Å²) in [6, 6.07) is 21.4. The topological polar surface area (TPSA) is 21.3 Å². The van der Waals surface area contributed by atoms with Crippen molar-refractivity contribution < 1.29 is 4.74 Å². The third-order valence-electron chi connectivity index (χ3n) is 3.70. The van der Waals surface area contributed by atoms with E-state index in [-0.39, 0.29) is 18.5 Å². The van der Waals surface area contributed by atoms with Gasteiger partial charge in [0, 0.05) is 12.6 Å². The second kappa shape index (κ2) is 10.4. The minimum absolute atomic E-state index is 0. The van der Waals surface area contributed by atoms with Crippen LogP contribution >= 0.6 is 12.4 Å². The molecule has 0 aliphatic heterocycles. The van der Waals surface area contributed by atoms with Gasteiger partial charge in [0.15, 0.2) is 0 Å². The van der Waals surface area contributed by atoms with Crippen molar-refractivity contribution in [2.75, 3.05) is 13.2 Å². The van der Waals surface area contributed by atoms with Gasteiger partial charge in [-0.25, -0.2) is 0 Å². The van der Waals surface area contributed by atoms with Crippen molar-refractivity contribution in [1.82, 2.24) is 5.32 Å². The third-order valence-corrected chi connectivity index (χ3v) is 3.70. The number of halogens is 1. The molecule has 2 aromatic carbocycles. The number of nitrogens with one attached hydrogen (secondary N) is 1. The van der Waals surface area contributed by atoms with Crippen molar-refractivity contribution in [2.24, 2.45) is 0 Å². The molecule has 2 aromatic rings. The Bertz CT molecular complexity index is 464. The van der Waals surface area contributed by atoms with E-state index in [1.807, 2.05) is 12.1 Å². The summed E-state index contributed by atoms with van der Waals surface area (Å²) in [6.07, 6.45) is 1.15. The van der Waals surface area contributed by atoms with Crippen LogP contribution in [-0.2, 0) is 4.74 Å². The smallest absolute Gasteiger partial charge is 0.108 e. The molecule has 0 saturated heterocycles. The Morgan fingerprint density at radius 3 is 1.86 bits per heavy atom. The zero-order valence-corrected chi connectivity index (χ0v) is 14.2. The Kier molecular flexibility index (Phi) is 8.83. The van der Waals surface area contributed by atoms with Crippen molar-refractivity contribution in [1.29, 1.82) is 0 Å². The molecule has 0 aromatic heterocycles. The Hall–Kier alpha value is -1.35. The van der Waals surface area contributed by atoms with E-state index in [0.717, 1.165) is 13.0 Å². The summed E-state index contributed by atoms with van der Waals surface area (Å²) >= 11 is 0. The first kappa shape index (κ1) is 18.7. The van der Waals surface area contributed by atoms with E-state index >= 15 is 0 Å². The summed E-state index contributed by atoms with van der Waals surface area (Å²) < 4.78 is 6.15. The van der Waals surface area contributed by atoms with Gasteiger partial charge in [-0.15, -0.1) is 12.4 Å². The molecule has 0 amide bonds. The molecule has 2 rings (SSSR count). The molecule has 0 aliphatic carbocycles. The van der Waals surface area contributed by atoms with Crippen LogP contribution in [0.1, 0.15) is 37.5 Å². The van der Waals surface area contributed by atoms with Gasteiger partial charge in [-0.05, 0) is 24.5 Å². The molecule has 1 N–H and O–H groups in total. The highest BCUT2D eigenvalue weighted by molar-refractivity contribution is 5.85. The van der Waals surface area contributed by atoms with Crippen molar-refractivity contribution in [3.63, 3.8) is 0 Å². The molecule has 1 unspecified atom stereocenters. The van der Waals surface area contributed by atoms with Crippen LogP contribution in [0.2, 0.25) is 0 Å². The lowest BCUT2D eigenvalue weighted by Gasteiger charge is -2.20. The Balaban J connectivity index is 0.00000242. The summed E-state index contributed by atoms with van der Waals surface area (Å²) in [7, 11) is 0. The van der Waals surface area contributed by atoms with Crippen LogP contribution in [0.25, 0.3) is 0 Å². The molecule has 0 radical (unpaired) electrons. The highest BCUT2D eigenvalue weighted by atomic mass is 35.5. The van der Waals surface area contributed by atoms with Crippen LogP contribution < -0.4 is 5.32 Å². The molecule has 1 atom stereocenters. The highest BCUT2D eigenvalue weighted by Crippen LogP contribution is 2.25. The van der Waals surface area contributed by atoms with Gasteiger partial charge in [-0.1, -0.05) is 67.6 Å². The molecule has 3 heteroatoms. The Labute approximate surface area is 140 Å². The molecule has 0 saturated carbocycles. The number of rotatable bonds is 8. The fraction of sp³-hybridized carbons (Fsp3) is 0.368. The van der Waals surface area contributed by atoms with E-state index in [0.29, 0.717) is 12.6 Å². The lowest BCUT2D eigenvalue weighted by molar-refractivity contribution is 0.0808. The zero-order chi connectivity index (χ0) is 14.9. The molecule has 0 heterocycles. The van der Waals surface area contributed by atoms with Crippen molar-refractivity contribution >= 4 is 12.4 Å². The van der Waals surface area contributed by atoms with E-state index < -0.39 is 0 Å². The third kappa shape index (κ3) is 5.80. The molecular formula is C19H26ClNO. The van der Waals surface area contributed by atoms with E-state index in [9.17, 15) is 0 Å². The van der Waals surface area contributed by atoms with Crippen LogP contribution in [0.5, 0.6) is 0 Å². The standard InChI is InChI=1S/C19H25NO.ClH/c1-3-16(2)20-14-15-21-19(17-10-6-4-7-11-17)18-12-8-5-9-13-18;/h4-13,16,19-20H,3,14-15H2,1-2H3;1H. The Morgan fingerprint density at radius 1 is 0.909 bits per heavy atom. The number of hydrogen-bond acceptors (Lipinski definition) is 2. The van der Waals surface area contributed by atoms with E-state index in [4.69, 9.17) is 4.74 Å². The predicted octanol–water partition coefficient (Wildman–Crippen LogP) is 4.60. The summed E-state index contributed by atoms with van der Waals surface area (Å²) in [6.45, 7) is 5.98. The van der Waals surface area contributed by atoms with Gasteiger partial charge in [-0.3, -0.25) is 0 Å². The van der Waals surface area contributed by atoms with Gasteiger partial charge in [0.2, 0.25) is 0 Å². The van der Waals surface area contributed by atoms with E-state index in [1.54, 1.807) is 0 Å². The average Bonchev–Trinajstić information content (AvgIpc) is 2.56. The Morgan fingerprint density at radius 2 is 1.41 bits per heavy atom. The summed E-state index contributed by atoms with van der Waals surface area (Å²) in [5.41, 5.74) is 2.40. The van der Waals surface area contributed by atoms with E-state index in [1.165, 1.54) is 11.1 Å².